The second-order valence-electron chi connectivity index (χ2n) is 4.63. The van der Waals surface area contributed by atoms with Crippen LogP contribution in [0.1, 0.15) is 22.6 Å². The van der Waals surface area contributed by atoms with Gasteiger partial charge in [-0.25, -0.2) is 4.99 Å². The minimum Gasteiger partial charge on any atom is -0.466 e. The van der Waals surface area contributed by atoms with E-state index in [9.17, 15) is 0 Å². The van der Waals surface area contributed by atoms with Gasteiger partial charge in [0, 0.05) is 11.3 Å². The average Bonchev–Trinajstić information content (AvgIpc) is 2.68. The maximum Gasteiger partial charge on any atom is 0.193 e. The molecule has 1 heterocycles. The highest BCUT2D eigenvalue weighted by Gasteiger charge is 2.03. The van der Waals surface area contributed by atoms with Gasteiger partial charge in [0.25, 0.3) is 0 Å². The van der Waals surface area contributed by atoms with Crippen LogP contribution in [0.3, 0.4) is 0 Å². The number of rotatable bonds is 3. The van der Waals surface area contributed by atoms with E-state index in [1.807, 2.05) is 51.1 Å². The highest BCUT2D eigenvalue weighted by Crippen LogP contribution is 2.14. The van der Waals surface area contributed by atoms with Crippen molar-refractivity contribution < 1.29 is 4.42 Å². The Balaban J connectivity index is 1.99. The molecule has 3 N–H and O–H groups in total. The minimum absolute atomic E-state index is 0.405. The predicted molar refractivity (Wildman–Crippen MR) is 78.3 cm³/mol. The normalized spacial score (nSPS) is 11.6. The number of hydrogen-bond acceptors (Lipinski definition) is 2. The van der Waals surface area contributed by atoms with E-state index in [0.29, 0.717) is 12.5 Å². The number of benzene rings is 1. The molecule has 0 atom stereocenters. The fourth-order valence-corrected chi connectivity index (χ4v) is 1.84. The molecule has 0 fully saturated rings. The van der Waals surface area contributed by atoms with E-state index in [4.69, 9.17) is 10.2 Å². The number of nitrogens with one attached hydrogen (secondary N) is 1. The van der Waals surface area contributed by atoms with Crippen LogP contribution in [0.25, 0.3) is 0 Å². The standard InChI is InChI=1S/C15H19N3O/c1-10-4-6-14(7-5-10)18-15(16)17-9-13-8-11(2)19-12(13)3/h4-8H,9H2,1-3H3,(H3,16,17,18). The zero-order valence-electron chi connectivity index (χ0n) is 11.5. The van der Waals surface area contributed by atoms with Gasteiger partial charge in [0.05, 0.1) is 6.54 Å². The van der Waals surface area contributed by atoms with E-state index in [2.05, 4.69) is 10.3 Å². The van der Waals surface area contributed by atoms with Crippen molar-refractivity contribution in [2.24, 2.45) is 10.7 Å². The quantitative estimate of drug-likeness (QED) is 0.656. The molecule has 0 unspecified atom stereocenters. The van der Waals surface area contributed by atoms with Gasteiger partial charge in [0.1, 0.15) is 11.5 Å². The zero-order chi connectivity index (χ0) is 13.8. The van der Waals surface area contributed by atoms with Crippen LogP contribution in [0.15, 0.2) is 39.7 Å². The van der Waals surface area contributed by atoms with Gasteiger partial charge in [-0.15, -0.1) is 0 Å². The van der Waals surface area contributed by atoms with Crippen molar-refractivity contribution >= 4 is 11.6 Å². The van der Waals surface area contributed by atoms with Crippen LogP contribution in [-0.4, -0.2) is 5.96 Å². The zero-order valence-corrected chi connectivity index (χ0v) is 11.5. The summed E-state index contributed by atoms with van der Waals surface area (Å²) >= 11 is 0. The van der Waals surface area contributed by atoms with Crippen LogP contribution in [0, 0.1) is 20.8 Å². The molecule has 0 aliphatic carbocycles. The summed E-state index contributed by atoms with van der Waals surface area (Å²) in [6, 6.07) is 9.99. The van der Waals surface area contributed by atoms with Crippen LogP contribution in [0.5, 0.6) is 0 Å². The molecule has 4 heteroatoms. The van der Waals surface area contributed by atoms with E-state index < -0.39 is 0 Å². The van der Waals surface area contributed by atoms with E-state index >= 15 is 0 Å². The van der Waals surface area contributed by atoms with Crippen molar-refractivity contribution in [2.75, 3.05) is 5.32 Å². The second kappa shape index (κ2) is 5.61. The van der Waals surface area contributed by atoms with Gasteiger partial charge < -0.3 is 15.5 Å². The van der Waals surface area contributed by atoms with E-state index in [1.54, 1.807) is 0 Å². The number of hydrogen-bond donors (Lipinski definition) is 2. The molecule has 0 spiro atoms. The smallest absolute Gasteiger partial charge is 0.193 e. The van der Waals surface area contributed by atoms with Gasteiger partial charge in [0.2, 0.25) is 0 Å². The van der Waals surface area contributed by atoms with Crippen LogP contribution >= 0.6 is 0 Å². The summed E-state index contributed by atoms with van der Waals surface area (Å²) in [5, 5.41) is 3.06. The highest BCUT2D eigenvalue weighted by atomic mass is 16.3. The summed E-state index contributed by atoms with van der Waals surface area (Å²) in [7, 11) is 0. The summed E-state index contributed by atoms with van der Waals surface area (Å²) < 4.78 is 5.45. The SMILES string of the molecule is Cc1ccc(NC(N)=NCc2cc(C)oc2C)cc1. The molecule has 0 saturated heterocycles. The van der Waals surface area contributed by atoms with Gasteiger partial charge in [-0.05, 0) is 39.0 Å². The van der Waals surface area contributed by atoms with Crippen molar-refractivity contribution in [2.45, 2.75) is 27.3 Å². The van der Waals surface area contributed by atoms with Gasteiger partial charge in [0.15, 0.2) is 5.96 Å². The molecule has 19 heavy (non-hydrogen) atoms. The molecule has 0 aliphatic rings. The van der Waals surface area contributed by atoms with Crippen molar-refractivity contribution in [1.29, 1.82) is 0 Å². The maximum absolute atomic E-state index is 5.86. The van der Waals surface area contributed by atoms with Gasteiger partial charge in [-0.1, -0.05) is 17.7 Å². The Morgan fingerprint density at radius 2 is 1.89 bits per heavy atom. The lowest BCUT2D eigenvalue weighted by atomic mass is 10.2. The predicted octanol–water partition coefficient (Wildman–Crippen LogP) is 3.13. The molecule has 0 amide bonds. The third-order valence-corrected chi connectivity index (χ3v) is 2.89. The Morgan fingerprint density at radius 3 is 2.47 bits per heavy atom. The molecular formula is C15H19N3O. The molecule has 4 nitrogen and oxygen atoms in total. The largest absolute Gasteiger partial charge is 0.466 e. The number of furan rings is 1. The second-order valence-corrected chi connectivity index (χ2v) is 4.63. The van der Waals surface area contributed by atoms with Crippen molar-refractivity contribution in [3.05, 3.63) is 53.0 Å². The Labute approximate surface area is 113 Å². The van der Waals surface area contributed by atoms with E-state index in [-0.39, 0.29) is 0 Å². The molecule has 1 aromatic heterocycles. The maximum atomic E-state index is 5.86. The fourth-order valence-electron chi connectivity index (χ4n) is 1.84. The summed E-state index contributed by atoms with van der Waals surface area (Å²) in [5.74, 6) is 2.19. The number of nitrogens with two attached hydrogens (primary N) is 1. The van der Waals surface area contributed by atoms with Gasteiger partial charge in [-0.3, -0.25) is 0 Å². The van der Waals surface area contributed by atoms with Crippen LogP contribution in [0.4, 0.5) is 5.69 Å². The average molecular weight is 257 g/mol. The van der Waals surface area contributed by atoms with Crippen LogP contribution in [0.2, 0.25) is 0 Å². The first-order valence-corrected chi connectivity index (χ1v) is 6.24. The molecule has 0 radical (unpaired) electrons. The number of nitrogens with zero attached hydrogens (tertiary/aromatic N) is 1. The third kappa shape index (κ3) is 3.61. The monoisotopic (exact) mass is 257 g/mol. The summed E-state index contributed by atoms with van der Waals surface area (Å²) in [6.45, 7) is 6.43. The topological polar surface area (TPSA) is 63.5 Å². The molecule has 2 rings (SSSR count). The molecule has 0 aliphatic heterocycles. The molecule has 2 aromatic rings. The molecule has 1 aromatic carbocycles. The lowest BCUT2D eigenvalue weighted by Crippen LogP contribution is -2.22. The Bertz CT molecular complexity index is 582. The number of anilines is 1. The van der Waals surface area contributed by atoms with Crippen LogP contribution < -0.4 is 11.1 Å². The molecule has 0 saturated carbocycles. The Kier molecular flexibility index (Phi) is 3.90. The first kappa shape index (κ1) is 13.2. The van der Waals surface area contributed by atoms with Gasteiger partial charge in [-0.2, -0.15) is 0 Å². The van der Waals surface area contributed by atoms with Crippen molar-refractivity contribution in [3.8, 4) is 0 Å². The Morgan fingerprint density at radius 1 is 1.21 bits per heavy atom. The van der Waals surface area contributed by atoms with E-state index in [0.717, 1.165) is 22.8 Å². The molecular weight excluding hydrogens is 238 g/mol. The molecule has 0 bridgehead atoms. The minimum atomic E-state index is 0.405. The number of aliphatic imine (C=N–C) groups is 1. The third-order valence-electron chi connectivity index (χ3n) is 2.89. The van der Waals surface area contributed by atoms with Crippen LogP contribution in [-0.2, 0) is 6.54 Å². The highest BCUT2D eigenvalue weighted by molar-refractivity contribution is 5.92. The first-order valence-electron chi connectivity index (χ1n) is 6.24. The summed E-state index contributed by atoms with van der Waals surface area (Å²) in [4.78, 5) is 4.31. The van der Waals surface area contributed by atoms with E-state index in [1.165, 1.54) is 5.56 Å². The summed E-state index contributed by atoms with van der Waals surface area (Å²) in [6.07, 6.45) is 0. The lowest BCUT2D eigenvalue weighted by Gasteiger charge is -2.05. The lowest BCUT2D eigenvalue weighted by molar-refractivity contribution is 0.501. The fraction of sp³-hybridized carbons (Fsp3) is 0.267. The molecule has 100 valence electrons. The Hall–Kier alpha value is -2.23. The number of aryl methyl sites for hydroxylation is 3. The summed E-state index contributed by atoms with van der Waals surface area (Å²) in [5.41, 5.74) is 9.07. The van der Waals surface area contributed by atoms with Crippen molar-refractivity contribution in [1.82, 2.24) is 0 Å². The number of guanidine groups is 1. The van der Waals surface area contributed by atoms with Gasteiger partial charge >= 0.3 is 0 Å². The van der Waals surface area contributed by atoms with Crippen molar-refractivity contribution in [3.63, 3.8) is 0 Å². The first-order chi connectivity index (χ1) is 9.04.